The predicted octanol–water partition coefficient (Wildman–Crippen LogP) is 7.89. The van der Waals surface area contributed by atoms with E-state index in [1.807, 2.05) is 78.9 Å². The van der Waals surface area contributed by atoms with Crippen LogP contribution in [0.2, 0.25) is 5.02 Å². The standard InChI is InChI=1S/C27H16ClN3S/c28-21-15-8-16-22-23(21)19-13-7-14-20(24(19)32-22)27-30-25(17-9-3-1-4-10-17)29-26(31-27)18-11-5-2-6-12-18/h1-16H. The molecule has 0 aliphatic rings. The molecule has 4 aromatic carbocycles. The molecule has 0 saturated heterocycles. The minimum Gasteiger partial charge on any atom is -0.208 e. The Labute approximate surface area is 194 Å². The Hall–Kier alpha value is -3.60. The Kier molecular flexibility index (Phi) is 4.67. The van der Waals surface area contributed by atoms with Crippen LogP contribution < -0.4 is 0 Å². The minimum absolute atomic E-state index is 0.658. The second-order valence-electron chi connectivity index (χ2n) is 7.44. The van der Waals surface area contributed by atoms with Crippen LogP contribution in [0.15, 0.2) is 97.1 Å². The fraction of sp³-hybridized carbons (Fsp3) is 0. The number of aromatic nitrogens is 3. The van der Waals surface area contributed by atoms with Crippen molar-refractivity contribution in [2.45, 2.75) is 0 Å². The number of hydrogen-bond acceptors (Lipinski definition) is 4. The molecule has 0 amide bonds. The molecule has 0 bridgehead atoms. The molecule has 2 heterocycles. The van der Waals surface area contributed by atoms with Gasteiger partial charge in [-0.15, -0.1) is 11.3 Å². The molecule has 2 aromatic heterocycles. The average molecular weight is 450 g/mol. The Morgan fingerprint density at radius 2 is 1.16 bits per heavy atom. The summed E-state index contributed by atoms with van der Waals surface area (Å²) in [5.41, 5.74) is 2.90. The van der Waals surface area contributed by atoms with Gasteiger partial charge >= 0.3 is 0 Å². The van der Waals surface area contributed by atoms with Crippen molar-refractivity contribution in [3.63, 3.8) is 0 Å². The highest BCUT2D eigenvalue weighted by molar-refractivity contribution is 7.26. The van der Waals surface area contributed by atoms with Crippen LogP contribution in [0.25, 0.3) is 54.3 Å². The normalized spacial score (nSPS) is 11.3. The van der Waals surface area contributed by atoms with Crippen molar-refractivity contribution < 1.29 is 0 Å². The van der Waals surface area contributed by atoms with E-state index in [4.69, 9.17) is 26.6 Å². The van der Waals surface area contributed by atoms with Gasteiger partial charge in [-0.2, -0.15) is 0 Å². The van der Waals surface area contributed by atoms with E-state index >= 15 is 0 Å². The molecule has 0 saturated carbocycles. The number of rotatable bonds is 3. The molecule has 6 rings (SSSR count). The summed E-state index contributed by atoms with van der Waals surface area (Å²) < 4.78 is 2.28. The van der Waals surface area contributed by atoms with Crippen molar-refractivity contribution in [2.24, 2.45) is 0 Å². The summed E-state index contributed by atoms with van der Waals surface area (Å²) in [5, 5.41) is 2.96. The topological polar surface area (TPSA) is 38.7 Å². The van der Waals surface area contributed by atoms with Gasteiger partial charge in [0.2, 0.25) is 0 Å². The quantitative estimate of drug-likeness (QED) is 0.275. The number of halogens is 1. The van der Waals surface area contributed by atoms with Crippen LogP contribution in [-0.2, 0) is 0 Å². The van der Waals surface area contributed by atoms with Crippen LogP contribution in [0, 0.1) is 0 Å². The number of benzene rings is 4. The molecular formula is C27H16ClN3S. The van der Waals surface area contributed by atoms with Gasteiger partial charge in [0.25, 0.3) is 0 Å². The smallest absolute Gasteiger partial charge is 0.165 e. The maximum atomic E-state index is 6.55. The first-order valence-electron chi connectivity index (χ1n) is 10.2. The van der Waals surface area contributed by atoms with E-state index in [-0.39, 0.29) is 0 Å². The van der Waals surface area contributed by atoms with E-state index in [0.29, 0.717) is 17.5 Å². The minimum atomic E-state index is 0.658. The summed E-state index contributed by atoms with van der Waals surface area (Å²) >= 11 is 8.27. The maximum Gasteiger partial charge on any atom is 0.165 e. The van der Waals surface area contributed by atoms with E-state index < -0.39 is 0 Å². The average Bonchev–Trinajstić information content (AvgIpc) is 3.25. The number of fused-ring (bicyclic) bond motifs is 3. The molecule has 5 heteroatoms. The zero-order valence-electron chi connectivity index (χ0n) is 16.9. The first-order valence-corrected chi connectivity index (χ1v) is 11.4. The highest BCUT2D eigenvalue weighted by Crippen LogP contribution is 2.42. The Morgan fingerprint density at radius 1 is 0.562 bits per heavy atom. The molecular weight excluding hydrogens is 434 g/mol. The van der Waals surface area contributed by atoms with E-state index in [1.165, 1.54) is 0 Å². The summed E-state index contributed by atoms with van der Waals surface area (Å²) in [4.78, 5) is 14.6. The highest BCUT2D eigenvalue weighted by Gasteiger charge is 2.17. The van der Waals surface area contributed by atoms with E-state index in [2.05, 4.69) is 18.2 Å². The van der Waals surface area contributed by atoms with Gasteiger partial charge in [0.1, 0.15) is 0 Å². The van der Waals surface area contributed by atoms with Crippen LogP contribution in [0.3, 0.4) is 0 Å². The van der Waals surface area contributed by atoms with Gasteiger partial charge in [-0.3, -0.25) is 0 Å². The summed E-state index contributed by atoms with van der Waals surface area (Å²) in [6.07, 6.45) is 0. The first kappa shape index (κ1) is 19.1. The summed E-state index contributed by atoms with van der Waals surface area (Å²) in [6.45, 7) is 0. The molecule has 0 spiro atoms. The SMILES string of the molecule is Clc1cccc2sc3c(-c4nc(-c5ccccc5)nc(-c5ccccc5)n4)cccc3c12. The van der Waals surface area contributed by atoms with Crippen molar-refractivity contribution in [3.8, 4) is 34.2 Å². The summed E-state index contributed by atoms with van der Waals surface area (Å²) in [7, 11) is 0. The molecule has 0 aliphatic heterocycles. The molecule has 0 atom stereocenters. The molecule has 3 nitrogen and oxygen atoms in total. The fourth-order valence-corrected chi connectivity index (χ4v) is 5.48. The second-order valence-corrected chi connectivity index (χ2v) is 8.89. The third kappa shape index (κ3) is 3.25. The number of thiophene rings is 1. The van der Waals surface area contributed by atoms with Gasteiger partial charge < -0.3 is 0 Å². The molecule has 6 aromatic rings. The van der Waals surface area contributed by atoms with Gasteiger partial charge in [-0.25, -0.2) is 15.0 Å². The summed E-state index contributed by atoms with van der Waals surface area (Å²) in [6, 6.07) is 32.3. The molecule has 0 N–H and O–H groups in total. The molecule has 0 radical (unpaired) electrons. The second kappa shape index (κ2) is 7.83. The van der Waals surface area contributed by atoms with Gasteiger partial charge in [-0.1, -0.05) is 90.5 Å². The fourth-order valence-electron chi connectivity index (χ4n) is 3.91. The number of hydrogen-bond donors (Lipinski definition) is 0. The van der Waals surface area contributed by atoms with E-state index in [1.54, 1.807) is 11.3 Å². The Bertz CT molecular complexity index is 1520. The first-order chi connectivity index (χ1) is 15.8. The van der Waals surface area contributed by atoms with Gasteiger partial charge in [0.15, 0.2) is 17.5 Å². The largest absolute Gasteiger partial charge is 0.208 e. The van der Waals surface area contributed by atoms with E-state index in [9.17, 15) is 0 Å². The lowest BCUT2D eigenvalue weighted by Gasteiger charge is -2.09. The maximum absolute atomic E-state index is 6.55. The molecule has 0 fully saturated rings. The molecule has 0 aliphatic carbocycles. The zero-order chi connectivity index (χ0) is 21.5. The van der Waals surface area contributed by atoms with Crippen molar-refractivity contribution in [2.75, 3.05) is 0 Å². The van der Waals surface area contributed by atoms with Gasteiger partial charge in [0, 0.05) is 41.9 Å². The van der Waals surface area contributed by atoms with Crippen LogP contribution in [0.5, 0.6) is 0 Å². The van der Waals surface area contributed by atoms with Crippen molar-refractivity contribution in [1.82, 2.24) is 15.0 Å². The van der Waals surface area contributed by atoms with Crippen LogP contribution in [0.1, 0.15) is 0 Å². The molecule has 152 valence electrons. The summed E-state index contributed by atoms with van der Waals surface area (Å²) in [5.74, 6) is 1.97. The van der Waals surface area contributed by atoms with E-state index in [0.717, 1.165) is 41.9 Å². The number of nitrogens with zero attached hydrogens (tertiary/aromatic N) is 3. The Balaban J connectivity index is 1.64. The van der Waals surface area contributed by atoms with Crippen LogP contribution in [0.4, 0.5) is 0 Å². The van der Waals surface area contributed by atoms with Crippen LogP contribution >= 0.6 is 22.9 Å². The lowest BCUT2D eigenvalue weighted by molar-refractivity contribution is 1.08. The van der Waals surface area contributed by atoms with Crippen molar-refractivity contribution in [3.05, 3.63) is 102 Å². The van der Waals surface area contributed by atoms with Crippen LogP contribution in [-0.4, -0.2) is 15.0 Å². The lowest BCUT2D eigenvalue weighted by Crippen LogP contribution is -2.00. The third-order valence-corrected chi connectivity index (χ3v) is 6.93. The van der Waals surface area contributed by atoms with Gasteiger partial charge in [0.05, 0.1) is 0 Å². The molecule has 0 unspecified atom stereocenters. The monoisotopic (exact) mass is 449 g/mol. The third-order valence-electron chi connectivity index (χ3n) is 5.41. The molecule has 32 heavy (non-hydrogen) atoms. The predicted molar refractivity (Wildman–Crippen MR) is 134 cm³/mol. The lowest BCUT2D eigenvalue weighted by atomic mass is 10.1. The van der Waals surface area contributed by atoms with Crippen molar-refractivity contribution >= 4 is 43.1 Å². The highest BCUT2D eigenvalue weighted by atomic mass is 35.5. The Morgan fingerprint density at radius 3 is 1.81 bits per heavy atom. The zero-order valence-corrected chi connectivity index (χ0v) is 18.4. The van der Waals surface area contributed by atoms with Gasteiger partial charge in [-0.05, 0) is 18.2 Å². The van der Waals surface area contributed by atoms with Crippen molar-refractivity contribution in [1.29, 1.82) is 0 Å².